The quantitative estimate of drug-likeness (QED) is 0.838. The molecule has 1 aromatic rings. The van der Waals surface area contributed by atoms with Crippen LogP contribution in [0.15, 0.2) is 18.2 Å². The zero-order chi connectivity index (χ0) is 14.5. The van der Waals surface area contributed by atoms with Crippen molar-refractivity contribution in [2.75, 3.05) is 20.7 Å². The minimum Gasteiger partial charge on any atom is -0.496 e. The lowest BCUT2D eigenvalue weighted by molar-refractivity contribution is -0.125. The van der Waals surface area contributed by atoms with E-state index >= 15 is 0 Å². The first-order valence-electron chi connectivity index (χ1n) is 7.01. The van der Waals surface area contributed by atoms with E-state index < -0.39 is 0 Å². The molecule has 0 bridgehead atoms. The summed E-state index contributed by atoms with van der Waals surface area (Å²) >= 11 is 0. The number of likely N-dealkylation sites (N-methyl/N-ethyl adjacent to an activating group) is 1. The molecule has 5 nitrogen and oxygen atoms in total. The number of hydrogen-bond donors (Lipinski definition) is 2. The first-order valence-corrected chi connectivity index (χ1v) is 7.01. The summed E-state index contributed by atoms with van der Waals surface area (Å²) in [5, 5.41) is 2.74. The van der Waals surface area contributed by atoms with Crippen LogP contribution in [0.2, 0.25) is 0 Å². The number of ether oxygens (including phenoxy) is 1. The molecule has 1 atom stereocenters. The summed E-state index contributed by atoms with van der Waals surface area (Å²) < 4.78 is 5.36. The number of carbonyl (C=O) groups is 1. The highest BCUT2D eigenvalue weighted by Gasteiger charge is 2.29. The third-order valence-corrected chi connectivity index (χ3v) is 3.87. The van der Waals surface area contributed by atoms with Crippen molar-refractivity contribution < 1.29 is 9.53 Å². The summed E-state index contributed by atoms with van der Waals surface area (Å²) in [5.74, 6) is 0.925. The van der Waals surface area contributed by atoms with Gasteiger partial charge in [0.15, 0.2) is 0 Å². The van der Waals surface area contributed by atoms with Crippen LogP contribution in [0.5, 0.6) is 5.75 Å². The maximum absolute atomic E-state index is 11.8. The first kappa shape index (κ1) is 14.8. The van der Waals surface area contributed by atoms with Crippen molar-refractivity contribution >= 4 is 5.91 Å². The molecule has 1 heterocycles. The van der Waals surface area contributed by atoms with E-state index in [1.807, 2.05) is 12.1 Å². The Bertz CT molecular complexity index is 476. The highest BCUT2D eigenvalue weighted by molar-refractivity contribution is 5.81. The van der Waals surface area contributed by atoms with Crippen LogP contribution in [0.4, 0.5) is 0 Å². The van der Waals surface area contributed by atoms with Gasteiger partial charge < -0.3 is 15.8 Å². The Kier molecular flexibility index (Phi) is 4.98. The van der Waals surface area contributed by atoms with Crippen molar-refractivity contribution in [2.24, 2.45) is 5.73 Å². The third kappa shape index (κ3) is 3.11. The molecule has 2 rings (SSSR count). The first-order chi connectivity index (χ1) is 9.69. The molecular weight excluding hydrogens is 254 g/mol. The van der Waals surface area contributed by atoms with E-state index in [1.165, 1.54) is 0 Å². The van der Waals surface area contributed by atoms with Gasteiger partial charge in [-0.25, -0.2) is 0 Å². The van der Waals surface area contributed by atoms with E-state index in [0.717, 1.165) is 42.8 Å². The van der Waals surface area contributed by atoms with Gasteiger partial charge in [0.05, 0.1) is 13.2 Å². The fraction of sp³-hybridized carbons (Fsp3) is 0.533. The highest BCUT2D eigenvalue weighted by Crippen LogP contribution is 2.24. The Morgan fingerprint density at radius 2 is 2.35 bits per heavy atom. The summed E-state index contributed by atoms with van der Waals surface area (Å²) in [6.07, 6.45) is 1.99. The van der Waals surface area contributed by atoms with E-state index in [1.54, 1.807) is 14.2 Å². The molecule has 1 aliphatic heterocycles. The monoisotopic (exact) mass is 277 g/mol. The molecule has 1 aliphatic rings. The SMILES string of the molecule is CNC(=O)C1CCCN1Cc1ccc(CN)c(OC)c1. The number of nitrogens with two attached hydrogens (primary N) is 1. The molecule has 1 unspecified atom stereocenters. The van der Waals surface area contributed by atoms with Gasteiger partial charge in [0.1, 0.15) is 5.75 Å². The molecule has 20 heavy (non-hydrogen) atoms. The van der Waals surface area contributed by atoms with Crippen molar-refractivity contribution in [1.29, 1.82) is 0 Å². The number of benzene rings is 1. The van der Waals surface area contributed by atoms with E-state index in [4.69, 9.17) is 10.5 Å². The van der Waals surface area contributed by atoms with E-state index in [9.17, 15) is 4.79 Å². The topological polar surface area (TPSA) is 67.6 Å². The van der Waals surface area contributed by atoms with Crippen LogP contribution in [0.25, 0.3) is 0 Å². The molecule has 1 fully saturated rings. The molecule has 0 aliphatic carbocycles. The van der Waals surface area contributed by atoms with E-state index in [0.29, 0.717) is 6.54 Å². The van der Waals surface area contributed by atoms with Gasteiger partial charge in [-0.3, -0.25) is 9.69 Å². The van der Waals surface area contributed by atoms with Crippen LogP contribution in [-0.4, -0.2) is 37.6 Å². The molecule has 0 aromatic heterocycles. The third-order valence-electron chi connectivity index (χ3n) is 3.87. The summed E-state index contributed by atoms with van der Waals surface area (Å²) in [4.78, 5) is 14.1. The number of amides is 1. The lowest BCUT2D eigenvalue weighted by atomic mass is 10.1. The van der Waals surface area contributed by atoms with Gasteiger partial charge in [0.2, 0.25) is 5.91 Å². The van der Waals surface area contributed by atoms with Crippen LogP contribution >= 0.6 is 0 Å². The molecule has 1 aromatic carbocycles. The Morgan fingerprint density at radius 3 is 3.00 bits per heavy atom. The second kappa shape index (κ2) is 6.72. The predicted octanol–water partition coefficient (Wildman–Crippen LogP) is 0.864. The maximum Gasteiger partial charge on any atom is 0.237 e. The van der Waals surface area contributed by atoms with Gasteiger partial charge in [0, 0.05) is 25.7 Å². The van der Waals surface area contributed by atoms with Gasteiger partial charge in [-0.15, -0.1) is 0 Å². The highest BCUT2D eigenvalue weighted by atomic mass is 16.5. The second-order valence-electron chi connectivity index (χ2n) is 5.09. The number of methoxy groups -OCH3 is 1. The number of rotatable bonds is 5. The fourth-order valence-corrected chi connectivity index (χ4v) is 2.77. The predicted molar refractivity (Wildman–Crippen MR) is 78.4 cm³/mol. The van der Waals surface area contributed by atoms with Crippen LogP contribution < -0.4 is 15.8 Å². The number of carbonyl (C=O) groups excluding carboxylic acids is 1. The van der Waals surface area contributed by atoms with Gasteiger partial charge >= 0.3 is 0 Å². The fourth-order valence-electron chi connectivity index (χ4n) is 2.77. The Labute approximate surface area is 120 Å². The number of likely N-dealkylation sites (tertiary alicyclic amines) is 1. The van der Waals surface area contributed by atoms with Gasteiger partial charge in [-0.2, -0.15) is 0 Å². The lowest BCUT2D eigenvalue weighted by Gasteiger charge is -2.23. The molecular formula is C15H23N3O2. The van der Waals surface area contributed by atoms with Crippen molar-refractivity contribution in [3.05, 3.63) is 29.3 Å². The van der Waals surface area contributed by atoms with Crippen molar-refractivity contribution in [3.63, 3.8) is 0 Å². The average Bonchev–Trinajstić information content (AvgIpc) is 2.94. The molecule has 1 amide bonds. The Balaban J connectivity index is 2.11. The minimum atomic E-state index is -0.0137. The zero-order valence-corrected chi connectivity index (χ0v) is 12.2. The van der Waals surface area contributed by atoms with E-state index in [2.05, 4.69) is 16.3 Å². The molecule has 3 N–H and O–H groups in total. The summed E-state index contributed by atoms with van der Waals surface area (Å²) in [5.41, 5.74) is 7.82. The van der Waals surface area contributed by atoms with Crippen molar-refractivity contribution in [2.45, 2.75) is 32.0 Å². The zero-order valence-electron chi connectivity index (χ0n) is 12.2. The van der Waals surface area contributed by atoms with Gasteiger partial charge in [-0.05, 0) is 31.0 Å². The van der Waals surface area contributed by atoms with Crippen LogP contribution in [-0.2, 0) is 17.9 Å². The van der Waals surface area contributed by atoms with Crippen LogP contribution in [0.3, 0.4) is 0 Å². The summed E-state index contributed by atoms with van der Waals surface area (Å²) in [6, 6.07) is 6.06. The number of nitrogens with zero attached hydrogens (tertiary/aromatic N) is 1. The Hall–Kier alpha value is -1.59. The molecule has 0 radical (unpaired) electrons. The van der Waals surface area contributed by atoms with Crippen LogP contribution in [0, 0.1) is 0 Å². The van der Waals surface area contributed by atoms with Crippen molar-refractivity contribution in [1.82, 2.24) is 10.2 Å². The number of nitrogens with one attached hydrogen (secondary N) is 1. The average molecular weight is 277 g/mol. The molecule has 0 spiro atoms. The molecule has 1 saturated heterocycles. The summed E-state index contributed by atoms with van der Waals surface area (Å²) in [7, 11) is 3.35. The minimum absolute atomic E-state index is 0.0137. The van der Waals surface area contributed by atoms with Crippen molar-refractivity contribution in [3.8, 4) is 5.75 Å². The summed E-state index contributed by atoms with van der Waals surface area (Å²) in [6.45, 7) is 2.19. The van der Waals surface area contributed by atoms with E-state index in [-0.39, 0.29) is 11.9 Å². The second-order valence-corrected chi connectivity index (χ2v) is 5.09. The molecule has 0 saturated carbocycles. The maximum atomic E-state index is 11.8. The largest absolute Gasteiger partial charge is 0.496 e. The van der Waals surface area contributed by atoms with Gasteiger partial charge in [-0.1, -0.05) is 12.1 Å². The van der Waals surface area contributed by atoms with Crippen LogP contribution in [0.1, 0.15) is 24.0 Å². The Morgan fingerprint density at radius 1 is 1.55 bits per heavy atom. The lowest BCUT2D eigenvalue weighted by Crippen LogP contribution is -2.41. The molecule has 5 heteroatoms. The smallest absolute Gasteiger partial charge is 0.237 e. The molecule has 110 valence electrons. The van der Waals surface area contributed by atoms with Gasteiger partial charge in [0.25, 0.3) is 0 Å². The standard InChI is InChI=1S/C15H23N3O2/c1-17-15(19)13-4-3-7-18(13)10-11-5-6-12(9-16)14(8-11)20-2/h5-6,8,13H,3-4,7,9-10,16H2,1-2H3,(H,17,19). The normalized spacial score (nSPS) is 19.1. The number of hydrogen-bond acceptors (Lipinski definition) is 4.